The summed E-state index contributed by atoms with van der Waals surface area (Å²) in [7, 11) is 1.76. The Morgan fingerprint density at radius 2 is 1.78 bits per heavy atom. The van der Waals surface area contributed by atoms with E-state index < -0.39 is 5.82 Å². The molecule has 0 spiro atoms. The zero-order valence-electron chi connectivity index (χ0n) is 9.81. The highest BCUT2D eigenvalue weighted by Crippen LogP contribution is 2.28. The molecule has 2 aromatic carbocycles. The van der Waals surface area contributed by atoms with E-state index in [1.165, 1.54) is 18.2 Å². The molecule has 1 nitrogen and oxygen atoms in total. The summed E-state index contributed by atoms with van der Waals surface area (Å²) in [6.45, 7) is 0.467. The summed E-state index contributed by atoms with van der Waals surface area (Å²) < 4.78 is 27.1. The first kappa shape index (κ1) is 13.0. The van der Waals surface area contributed by atoms with Gasteiger partial charge in [-0.05, 0) is 48.5 Å². The molecule has 0 heterocycles. The first-order valence-corrected chi connectivity index (χ1v) is 5.88. The molecule has 0 amide bonds. The number of benzene rings is 2. The van der Waals surface area contributed by atoms with Gasteiger partial charge in [0.15, 0.2) is 0 Å². The van der Waals surface area contributed by atoms with E-state index in [4.69, 9.17) is 11.6 Å². The Morgan fingerprint density at radius 1 is 1.06 bits per heavy atom. The number of halogens is 3. The van der Waals surface area contributed by atoms with Gasteiger partial charge >= 0.3 is 0 Å². The lowest BCUT2D eigenvalue weighted by Gasteiger charge is -2.10. The number of hydrogen-bond acceptors (Lipinski definition) is 1. The molecule has 0 atom stereocenters. The Bertz CT molecular complexity index is 570. The summed E-state index contributed by atoms with van der Waals surface area (Å²) in [4.78, 5) is 0. The van der Waals surface area contributed by atoms with E-state index in [2.05, 4.69) is 5.32 Å². The van der Waals surface area contributed by atoms with Crippen LogP contribution in [0, 0.1) is 11.6 Å². The molecule has 0 bridgehead atoms. The van der Waals surface area contributed by atoms with Crippen LogP contribution in [0.5, 0.6) is 0 Å². The molecule has 0 saturated carbocycles. The second-order valence-corrected chi connectivity index (χ2v) is 4.39. The molecular weight excluding hydrogens is 256 g/mol. The Hall–Kier alpha value is -1.45. The SMILES string of the molecule is CNCc1cc(F)ccc1-c1ccc(Cl)cc1F. The molecule has 0 aliphatic rings. The molecule has 0 saturated heterocycles. The Labute approximate surface area is 109 Å². The van der Waals surface area contributed by atoms with Crippen LogP contribution in [0.15, 0.2) is 36.4 Å². The van der Waals surface area contributed by atoms with Crippen LogP contribution in [-0.4, -0.2) is 7.05 Å². The molecule has 0 aliphatic carbocycles. The van der Waals surface area contributed by atoms with Crippen molar-refractivity contribution < 1.29 is 8.78 Å². The van der Waals surface area contributed by atoms with Gasteiger partial charge in [-0.25, -0.2) is 8.78 Å². The zero-order chi connectivity index (χ0) is 13.1. The summed E-state index contributed by atoms with van der Waals surface area (Å²) in [6, 6.07) is 8.77. The molecule has 4 heteroatoms. The van der Waals surface area contributed by atoms with Crippen molar-refractivity contribution in [3.05, 3.63) is 58.6 Å². The first-order valence-electron chi connectivity index (χ1n) is 5.50. The van der Waals surface area contributed by atoms with Gasteiger partial charge in [-0.2, -0.15) is 0 Å². The smallest absolute Gasteiger partial charge is 0.132 e. The average molecular weight is 268 g/mol. The van der Waals surface area contributed by atoms with Crippen LogP contribution >= 0.6 is 11.6 Å². The summed E-state index contributed by atoms with van der Waals surface area (Å²) in [5.74, 6) is -0.746. The van der Waals surface area contributed by atoms with Gasteiger partial charge < -0.3 is 5.32 Å². The molecule has 18 heavy (non-hydrogen) atoms. The topological polar surface area (TPSA) is 12.0 Å². The number of nitrogens with one attached hydrogen (secondary N) is 1. The molecule has 0 fully saturated rings. The molecule has 2 rings (SSSR count). The summed E-state index contributed by atoms with van der Waals surface area (Å²) in [6.07, 6.45) is 0. The van der Waals surface area contributed by atoms with Gasteiger partial charge in [0.25, 0.3) is 0 Å². The minimum atomic E-state index is -0.411. The van der Waals surface area contributed by atoms with Crippen molar-refractivity contribution in [2.75, 3.05) is 7.05 Å². The van der Waals surface area contributed by atoms with Crippen molar-refractivity contribution in [1.82, 2.24) is 5.32 Å². The second kappa shape index (κ2) is 5.46. The Kier molecular flexibility index (Phi) is 3.94. The summed E-state index contributed by atoms with van der Waals surface area (Å²) >= 11 is 5.72. The van der Waals surface area contributed by atoms with Crippen molar-refractivity contribution in [2.24, 2.45) is 0 Å². The third kappa shape index (κ3) is 2.68. The molecule has 94 valence electrons. The minimum Gasteiger partial charge on any atom is -0.316 e. The fourth-order valence-corrected chi connectivity index (χ4v) is 2.03. The highest BCUT2D eigenvalue weighted by Gasteiger charge is 2.10. The lowest BCUT2D eigenvalue weighted by atomic mass is 9.99. The van der Waals surface area contributed by atoms with Crippen molar-refractivity contribution >= 4 is 11.6 Å². The second-order valence-electron chi connectivity index (χ2n) is 3.96. The van der Waals surface area contributed by atoms with E-state index in [0.717, 1.165) is 0 Å². The monoisotopic (exact) mass is 267 g/mol. The van der Waals surface area contributed by atoms with E-state index in [1.54, 1.807) is 25.2 Å². The lowest BCUT2D eigenvalue weighted by Crippen LogP contribution is -2.07. The average Bonchev–Trinajstić information content (AvgIpc) is 2.31. The van der Waals surface area contributed by atoms with E-state index in [-0.39, 0.29) is 5.82 Å². The summed E-state index contributed by atoms with van der Waals surface area (Å²) in [5.41, 5.74) is 1.79. The van der Waals surface area contributed by atoms with Crippen LogP contribution in [0.4, 0.5) is 8.78 Å². The molecule has 0 unspecified atom stereocenters. The maximum atomic E-state index is 13.9. The van der Waals surface area contributed by atoms with Crippen LogP contribution in [-0.2, 0) is 6.54 Å². The first-order chi connectivity index (χ1) is 8.61. The minimum absolute atomic E-state index is 0.335. The highest BCUT2D eigenvalue weighted by molar-refractivity contribution is 6.30. The van der Waals surface area contributed by atoms with Gasteiger partial charge in [0.05, 0.1) is 0 Å². The van der Waals surface area contributed by atoms with Crippen molar-refractivity contribution in [2.45, 2.75) is 6.54 Å². The van der Waals surface area contributed by atoms with Gasteiger partial charge in [0.2, 0.25) is 0 Å². The Morgan fingerprint density at radius 3 is 2.44 bits per heavy atom. The highest BCUT2D eigenvalue weighted by atomic mass is 35.5. The lowest BCUT2D eigenvalue weighted by molar-refractivity contribution is 0.621. The van der Waals surface area contributed by atoms with Gasteiger partial charge in [-0.1, -0.05) is 17.7 Å². The largest absolute Gasteiger partial charge is 0.316 e. The van der Waals surface area contributed by atoms with Gasteiger partial charge in [-0.3, -0.25) is 0 Å². The standard InChI is InChI=1S/C14H12ClF2N/c1-18-8-9-6-11(16)3-5-12(9)13-4-2-10(15)7-14(13)17/h2-7,18H,8H2,1H3. The normalized spacial score (nSPS) is 10.7. The van der Waals surface area contributed by atoms with Crippen molar-refractivity contribution in [1.29, 1.82) is 0 Å². The van der Waals surface area contributed by atoms with Crippen LogP contribution in [0.2, 0.25) is 5.02 Å². The fraction of sp³-hybridized carbons (Fsp3) is 0.143. The van der Waals surface area contributed by atoms with E-state index in [1.807, 2.05) is 0 Å². The van der Waals surface area contributed by atoms with Gasteiger partial charge in [0, 0.05) is 17.1 Å². The maximum absolute atomic E-state index is 13.9. The van der Waals surface area contributed by atoms with E-state index in [0.29, 0.717) is 28.3 Å². The molecular formula is C14H12ClF2N. The fourth-order valence-electron chi connectivity index (χ4n) is 1.87. The van der Waals surface area contributed by atoms with Gasteiger partial charge in [0.1, 0.15) is 11.6 Å². The third-order valence-electron chi connectivity index (χ3n) is 2.66. The zero-order valence-corrected chi connectivity index (χ0v) is 10.6. The molecule has 2 aromatic rings. The summed E-state index contributed by atoms with van der Waals surface area (Å²) in [5, 5.41) is 3.28. The van der Waals surface area contributed by atoms with Gasteiger partial charge in [-0.15, -0.1) is 0 Å². The molecule has 0 aromatic heterocycles. The van der Waals surface area contributed by atoms with Crippen LogP contribution in [0.1, 0.15) is 5.56 Å². The number of hydrogen-bond donors (Lipinski definition) is 1. The van der Waals surface area contributed by atoms with E-state index in [9.17, 15) is 8.78 Å². The van der Waals surface area contributed by atoms with Crippen LogP contribution < -0.4 is 5.32 Å². The van der Waals surface area contributed by atoms with Crippen molar-refractivity contribution in [3.8, 4) is 11.1 Å². The quantitative estimate of drug-likeness (QED) is 0.886. The molecule has 0 aliphatic heterocycles. The Balaban J connectivity index is 2.55. The maximum Gasteiger partial charge on any atom is 0.132 e. The van der Waals surface area contributed by atoms with E-state index >= 15 is 0 Å². The third-order valence-corrected chi connectivity index (χ3v) is 2.89. The van der Waals surface area contributed by atoms with Crippen LogP contribution in [0.25, 0.3) is 11.1 Å². The molecule has 1 N–H and O–H groups in total. The number of rotatable bonds is 3. The predicted octanol–water partition coefficient (Wildman–Crippen LogP) is 4.00. The van der Waals surface area contributed by atoms with Crippen molar-refractivity contribution in [3.63, 3.8) is 0 Å². The molecule has 0 radical (unpaired) electrons. The van der Waals surface area contributed by atoms with Crippen LogP contribution in [0.3, 0.4) is 0 Å². The predicted molar refractivity (Wildman–Crippen MR) is 69.6 cm³/mol.